The summed E-state index contributed by atoms with van der Waals surface area (Å²) in [5.41, 5.74) is -0.416. The van der Waals surface area contributed by atoms with E-state index in [4.69, 9.17) is 0 Å². The Morgan fingerprint density at radius 1 is 1.35 bits per heavy atom. The summed E-state index contributed by atoms with van der Waals surface area (Å²) in [4.78, 5) is 15.5. The van der Waals surface area contributed by atoms with Crippen molar-refractivity contribution in [1.82, 2.24) is 9.55 Å². The predicted octanol–water partition coefficient (Wildman–Crippen LogP) is 3.34. The molecule has 0 aliphatic rings. The zero-order valence-corrected chi connectivity index (χ0v) is 12.0. The molecule has 0 unspecified atom stereocenters. The lowest BCUT2D eigenvalue weighted by molar-refractivity contribution is -0.116. The largest absolute Gasteiger partial charge is 0.337 e. The number of amides is 1. The molecule has 0 aliphatic heterocycles. The highest BCUT2D eigenvalue weighted by Gasteiger charge is 2.13. The van der Waals surface area contributed by atoms with Gasteiger partial charge < -0.3 is 9.88 Å². The van der Waals surface area contributed by atoms with E-state index >= 15 is 0 Å². The summed E-state index contributed by atoms with van der Waals surface area (Å²) in [6, 6.07) is 2.20. The lowest BCUT2D eigenvalue weighted by atomic mass is 10.2. The van der Waals surface area contributed by atoms with Crippen molar-refractivity contribution in [2.24, 2.45) is 0 Å². The predicted molar refractivity (Wildman–Crippen MR) is 74.1 cm³/mol. The van der Waals surface area contributed by atoms with Crippen LogP contribution in [0.15, 0.2) is 35.3 Å². The number of hydrogen-bond acceptors (Lipinski definition) is 2. The van der Waals surface area contributed by atoms with Gasteiger partial charge in [0, 0.05) is 29.8 Å². The van der Waals surface area contributed by atoms with E-state index in [0.717, 1.165) is 12.1 Å². The number of rotatable bonds is 5. The first kappa shape index (κ1) is 14.6. The maximum absolute atomic E-state index is 13.5. The highest BCUT2D eigenvalue weighted by Crippen LogP contribution is 2.23. The molecule has 1 aromatic carbocycles. The molecule has 1 aromatic heterocycles. The molecule has 0 saturated heterocycles. The van der Waals surface area contributed by atoms with Gasteiger partial charge in [0.2, 0.25) is 5.91 Å². The van der Waals surface area contributed by atoms with Gasteiger partial charge in [-0.05, 0) is 18.6 Å². The van der Waals surface area contributed by atoms with Crippen molar-refractivity contribution >= 4 is 27.5 Å². The Kier molecular flexibility index (Phi) is 4.84. The van der Waals surface area contributed by atoms with Gasteiger partial charge in [-0.1, -0.05) is 15.9 Å². The Labute approximate surface area is 122 Å². The van der Waals surface area contributed by atoms with Crippen LogP contribution in [-0.2, 0) is 11.3 Å². The minimum Gasteiger partial charge on any atom is -0.337 e. The van der Waals surface area contributed by atoms with E-state index in [9.17, 15) is 13.6 Å². The maximum Gasteiger partial charge on any atom is 0.224 e. The van der Waals surface area contributed by atoms with E-state index in [1.54, 1.807) is 18.7 Å². The van der Waals surface area contributed by atoms with Crippen LogP contribution in [0.4, 0.5) is 14.5 Å². The number of carbonyl (C=O) groups is 1. The number of aromatic nitrogens is 2. The Balaban J connectivity index is 1.88. The van der Waals surface area contributed by atoms with Gasteiger partial charge >= 0.3 is 0 Å². The second-order valence-corrected chi connectivity index (χ2v) is 5.11. The average Bonchev–Trinajstić information content (AvgIpc) is 2.87. The van der Waals surface area contributed by atoms with E-state index in [0.29, 0.717) is 13.0 Å². The van der Waals surface area contributed by atoms with Gasteiger partial charge in [-0.3, -0.25) is 4.79 Å². The third-order valence-corrected chi connectivity index (χ3v) is 3.11. The second kappa shape index (κ2) is 6.60. The van der Waals surface area contributed by atoms with Crippen molar-refractivity contribution in [3.05, 3.63) is 47.0 Å². The minimum atomic E-state index is -0.806. The van der Waals surface area contributed by atoms with Crippen molar-refractivity contribution in [3.63, 3.8) is 0 Å². The van der Waals surface area contributed by atoms with Gasteiger partial charge in [0.15, 0.2) is 11.6 Å². The Morgan fingerprint density at radius 3 is 2.65 bits per heavy atom. The van der Waals surface area contributed by atoms with Crippen LogP contribution in [0.2, 0.25) is 0 Å². The average molecular weight is 344 g/mol. The fraction of sp³-hybridized carbons (Fsp3) is 0.231. The third-order valence-electron chi connectivity index (χ3n) is 2.65. The molecule has 0 fully saturated rings. The van der Waals surface area contributed by atoms with E-state index in [2.05, 4.69) is 26.2 Å². The highest BCUT2D eigenvalue weighted by atomic mass is 79.9. The topological polar surface area (TPSA) is 46.9 Å². The van der Waals surface area contributed by atoms with Crippen LogP contribution in [0.3, 0.4) is 0 Å². The zero-order valence-electron chi connectivity index (χ0n) is 10.4. The molecule has 2 aromatic rings. The molecule has 1 N–H and O–H groups in total. The number of anilines is 1. The number of nitrogens with zero attached hydrogens (tertiary/aromatic N) is 2. The molecular formula is C13H12BrF2N3O. The van der Waals surface area contributed by atoms with Crippen molar-refractivity contribution < 1.29 is 13.6 Å². The number of imidazole rings is 1. The fourth-order valence-electron chi connectivity index (χ4n) is 1.70. The Hall–Kier alpha value is -1.76. The van der Waals surface area contributed by atoms with Crippen molar-refractivity contribution in [3.8, 4) is 0 Å². The molecule has 7 heteroatoms. The molecular weight excluding hydrogens is 332 g/mol. The first-order valence-corrected chi connectivity index (χ1v) is 6.75. The second-order valence-electron chi connectivity index (χ2n) is 4.20. The van der Waals surface area contributed by atoms with E-state index in [1.807, 2.05) is 4.57 Å². The summed E-state index contributed by atoms with van der Waals surface area (Å²) in [7, 11) is 0. The summed E-state index contributed by atoms with van der Waals surface area (Å²) >= 11 is 2.98. The van der Waals surface area contributed by atoms with Crippen LogP contribution >= 0.6 is 15.9 Å². The molecule has 1 heterocycles. The molecule has 1 amide bonds. The van der Waals surface area contributed by atoms with E-state index in [1.165, 1.54) is 0 Å². The fourth-order valence-corrected chi connectivity index (χ4v) is 2.11. The molecule has 4 nitrogen and oxygen atoms in total. The van der Waals surface area contributed by atoms with E-state index in [-0.39, 0.29) is 10.9 Å². The van der Waals surface area contributed by atoms with Gasteiger partial charge in [0.25, 0.3) is 0 Å². The van der Waals surface area contributed by atoms with Crippen LogP contribution in [0.25, 0.3) is 0 Å². The normalized spacial score (nSPS) is 10.6. The molecule has 0 aliphatic carbocycles. The molecule has 0 saturated carbocycles. The van der Waals surface area contributed by atoms with Crippen LogP contribution in [-0.4, -0.2) is 15.5 Å². The summed E-state index contributed by atoms with van der Waals surface area (Å²) in [6.07, 6.45) is 5.81. The maximum atomic E-state index is 13.5. The summed E-state index contributed by atoms with van der Waals surface area (Å²) in [6.45, 7) is 0.624. The number of hydrogen-bond donors (Lipinski definition) is 1. The lowest BCUT2D eigenvalue weighted by Gasteiger charge is -2.08. The smallest absolute Gasteiger partial charge is 0.224 e. The lowest BCUT2D eigenvalue weighted by Crippen LogP contribution is -2.14. The van der Waals surface area contributed by atoms with Gasteiger partial charge in [-0.2, -0.15) is 0 Å². The number of nitrogens with one attached hydrogen (secondary N) is 1. The Bertz CT molecular complexity index is 579. The zero-order chi connectivity index (χ0) is 14.5. The third kappa shape index (κ3) is 3.86. The first-order valence-electron chi connectivity index (χ1n) is 5.96. The van der Waals surface area contributed by atoms with Crippen molar-refractivity contribution in [2.45, 2.75) is 19.4 Å². The molecule has 0 spiro atoms. The van der Waals surface area contributed by atoms with Gasteiger partial charge in [-0.15, -0.1) is 0 Å². The number of halogens is 3. The monoisotopic (exact) mass is 343 g/mol. The summed E-state index contributed by atoms with van der Waals surface area (Å²) in [5.74, 6) is -2.04. The van der Waals surface area contributed by atoms with Crippen LogP contribution in [0.5, 0.6) is 0 Å². The molecule has 0 radical (unpaired) electrons. The Morgan fingerprint density at radius 2 is 2.05 bits per heavy atom. The highest BCUT2D eigenvalue weighted by molar-refractivity contribution is 9.10. The van der Waals surface area contributed by atoms with E-state index < -0.39 is 23.2 Å². The standard InChI is InChI=1S/C13H12BrF2N3O/c14-9-6-10(15)13(11(16)7-9)18-12(20)2-1-4-19-5-3-17-8-19/h3,5-8H,1-2,4H2,(H,18,20). The van der Waals surface area contributed by atoms with Crippen LogP contribution in [0, 0.1) is 11.6 Å². The van der Waals surface area contributed by atoms with Crippen molar-refractivity contribution in [1.29, 1.82) is 0 Å². The molecule has 106 valence electrons. The van der Waals surface area contributed by atoms with Crippen LogP contribution in [0.1, 0.15) is 12.8 Å². The first-order chi connectivity index (χ1) is 9.56. The quantitative estimate of drug-likeness (QED) is 0.904. The van der Waals surface area contributed by atoms with Gasteiger partial charge in [0.05, 0.1) is 6.33 Å². The van der Waals surface area contributed by atoms with Gasteiger partial charge in [-0.25, -0.2) is 13.8 Å². The molecule has 20 heavy (non-hydrogen) atoms. The number of aryl methyl sites for hydroxylation is 1. The number of benzene rings is 1. The minimum absolute atomic E-state index is 0.174. The summed E-state index contributed by atoms with van der Waals surface area (Å²) in [5, 5.41) is 2.25. The van der Waals surface area contributed by atoms with Crippen LogP contribution < -0.4 is 5.32 Å². The SMILES string of the molecule is O=C(CCCn1ccnc1)Nc1c(F)cc(Br)cc1F. The summed E-state index contributed by atoms with van der Waals surface area (Å²) < 4.78 is 29.2. The molecule has 0 atom stereocenters. The van der Waals surface area contributed by atoms with Crippen molar-refractivity contribution in [2.75, 3.05) is 5.32 Å². The van der Waals surface area contributed by atoms with Gasteiger partial charge in [0.1, 0.15) is 5.69 Å². The number of carbonyl (C=O) groups excluding carboxylic acids is 1. The molecule has 0 bridgehead atoms. The molecule has 2 rings (SSSR count).